The number of hydrogen-bond donors (Lipinski definition) is 2. The Kier molecular flexibility index (Phi) is 7.13. The van der Waals surface area contributed by atoms with Crippen LogP contribution < -0.4 is 10.0 Å². The third-order valence-corrected chi connectivity index (χ3v) is 6.55. The molecule has 0 fully saturated rings. The Morgan fingerprint density at radius 3 is 2.10 bits per heavy atom. The van der Waals surface area contributed by atoms with Gasteiger partial charge in [-0.15, -0.1) is 12.4 Å². The molecule has 3 aromatic rings. The minimum Gasteiger partial charge on any atom is -0.316 e. The molecular weight excluding hydrogens is 423 g/mol. The van der Waals surface area contributed by atoms with Gasteiger partial charge in [-0.1, -0.05) is 30.3 Å². The summed E-state index contributed by atoms with van der Waals surface area (Å²) in [5.74, 6) is -0.268. The van der Waals surface area contributed by atoms with Crippen LogP contribution >= 0.6 is 12.4 Å². The lowest BCUT2D eigenvalue weighted by Crippen LogP contribution is -2.16. The molecule has 0 aromatic heterocycles. The zero-order chi connectivity index (χ0) is 20.3. The van der Waals surface area contributed by atoms with Crippen LogP contribution in [0, 0.1) is 5.82 Å². The van der Waals surface area contributed by atoms with Crippen molar-refractivity contribution in [2.24, 2.45) is 0 Å². The lowest BCUT2D eigenvalue weighted by atomic mass is 10.0. The molecule has 0 unspecified atom stereocenters. The van der Waals surface area contributed by atoms with Crippen molar-refractivity contribution in [1.82, 2.24) is 5.32 Å². The Bertz CT molecular complexity index is 1100. The van der Waals surface area contributed by atoms with Crippen LogP contribution in [-0.4, -0.2) is 21.5 Å². The molecule has 0 saturated carbocycles. The minimum absolute atomic E-state index is 0. The first-order valence-electron chi connectivity index (χ1n) is 9.68. The van der Waals surface area contributed by atoms with Gasteiger partial charge in [-0.05, 0) is 91.0 Å². The van der Waals surface area contributed by atoms with E-state index in [9.17, 15) is 12.8 Å². The van der Waals surface area contributed by atoms with Crippen molar-refractivity contribution in [1.29, 1.82) is 0 Å². The van der Waals surface area contributed by atoms with Crippen LogP contribution in [0.15, 0.2) is 71.6 Å². The maximum absolute atomic E-state index is 13.0. The number of halogens is 2. The second kappa shape index (κ2) is 9.60. The molecule has 4 rings (SSSR count). The summed E-state index contributed by atoms with van der Waals surface area (Å²) >= 11 is 0. The summed E-state index contributed by atoms with van der Waals surface area (Å²) in [7, 11) is -3.66. The summed E-state index contributed by atoms with van der Waals surface area (Å²) in [6, 6.07) is 18.9. The van der Waals surface area contributed by atoms with Gasteiger partial charge in [0.15, 0.2) is 0 Å². The summed E-state index contributed by atoms with van der Waals surface area (Å²) in [4.78, 5) is 0.219. The second-order valence-corrected chi connectivity index (χ2v) is 8.97. The van der Waals surface area contributed by atoms with E-state index in [0.29, 0.717) is 12.1 Å². The fourth-order valence-electron chi connectivity index (χ4n) is 3.58. The van der Waals surface area contributed by atoms with Gasteiger partial charge in [0.05, 0.1) is 4.90 Å². The fraction of sp³-hybridized carbons (Fsp3) is 0.217. The molecule has 0 radical (unpaired) electrons. The molecule has 0 saturated heterocycles. The van der Waals surface area contributed by atoms with Gasteiger partial charge in [0.25, 0.3) is 10.0 Å². The van der Waals surface area contributed by atoms with Gasteiger partial charge < -0.3 is 5.32 Å². The third kappa shape index (κ3) is 5.39. The van der Waals surface area contributed by atoms with E-state index in [2.05, 4.69) is 10.0 Å². The molecule has 0 aliphatic carbocycles. The Balaban J connectivity index is 0.00000256. The molecular formula is C23H24ClFN2O2S. The predicted octanol–water partition coefficient (Wildman–Crippen LogP) is 4.33. The van der Waals surface area contributed by atoms with Crippen molar-refractivity contribution in [3.63, 3.8) is 0 Å². The summed E-state index contributed by atoms with van der Waals surface area (Å²) in [5.41, 5.74) is 4.97. The van der Waals surface area contributed by atoms with Crippen LogP contribution in [0.5, 0.6) is 0 Å². The van der Waals surface area contributed by atoms with Crippen LogP contribution in [0.1, 0.15) is 22.3 Å². The van der Waals surface area contributed by atoms with E-state index in [0.717, 1.165) is 37.1 Å². The van der Waals surface area contributed by atoms with E-state index < -0.39 is 10.0 Å². The highest BCUT2D eigenvalue weighted by atomic mass is 35.5. The maximum Gasteiger partial charge on any atom is 0.261 e. The molecule has 1 aliphatic heterocycles. The molecule has 0 amide bonds. The lowest BCUT2D eigenvalue weighted by Gasteiger charge is -2.12. The van der Waals surface area contributed by atoms with Crippen molar-refractivity contribution in [3.8, 4) is 0 Å². The van der Waals surface area contributed by atoms with Crippen LogP contribution in [0.2, 0.25) is 0 Å². The van der Waals surface area contributed by atoms with Gasteiger partial charge in [0.2, 0.25) is 0 Å². The van der Waals surface area contributed by atoms with Gasteiger partial charge >= 0.3 is 0 Å². The maximum atomic E-state index is 13.0. The van der Waals surface area contributed by atoms with Gasteiger partial charge in [-0.2, -0.15) is 0 Å². The molecule has 0 spiro atoms. The number of nitrogens with one attached hydrogen (secondary N) is 2. The number of anilines is 1. The van der Waals surface area contributed by atoms with E-state index in [-0.39, 0.29) is 23.1 Å². The molecule has 158 valence electrons. The first kappa shape index (κ1) is 22.3. The van der Waals surface area contributed by atoms with Crippen LogP contribution in [0.25, 0.3) is 0 Å². The van der Waals surface area contributed by atoms with Gasteiger partial charge in [-0.25, -0.2) is 12.8 Å². The van der Waals surface area contributed by atoms with E-state index >= 15 is 0 Å². The molecule has 7 heteroatoms. The zero-order valence-corrected chi connectivity index (χ0v) is 18.0. The molecule has 30 heavy (non-hydrogen) atoms. The van der Waals surface area contributed by atoms with Crippen molar-refractivity contribution in [2.45, 2.75) is 24.2 Å². The molecule has 1 aliphatic rings. The van der Waals surface area contributed by atoms with E-state index in [1.54, 1.807) is 36.4 Å². The predicted molar refractivity (Wildman–Crippen MR) is 120 cm³/mol. The van der Waals surface area contributed by atoms with Crippen LogP contribution in [0.4, 0.5) is 10.1 Å². The Morgan fingerprint density at radius 2 is 1.43 bits per heavy atom. The highest BCUT2D eigenvalue weighted by Crippen LogP contribution is 2.22. The summed E-state index contributed by atoms with van der Waals surface area (Å²) < 4.78 is 41.3. The molecule has 4 nitrogen and oxygen atoms in total. The van der Waals surface area contributed by atoms with E-state index in [4.69, 9.17) is 0 Å². The van der Waals surface area contributed by atoms with Crippen molar-refractivity contribution in [2.75, 3.05) is 17.8 Å². The average molecular weight is 447 g/mol. The second-order valence-electron chi connectivity index (χ2n) is 7.29. The Hall–Kier alpha value is -2.41. The Labute approximate surface area is 183 Å². The van der Waals surface area contributed by atoms with Gasteiger partial charge in [0.1, 0.15) is 5.82 Å². The normalized spacial score (nSPS) is 13.6. The average Bonchev–Trinajstić information content (AvgIpc) is 2.95. The summed E-state index contributed by atoms with van der Waals surface area (Å²) in [6.45, 7) is 1.85. The smallest absolute Gasteiger partial charge is 0.261 e. The molecule has 2 N–H and O–H groups in total. The number of benzene rings is 3. The number of rotatable bonds is 5. The first-order valence-corrected chi connectivity index (χ1v) is 11.2. The van der Waals surface area contributed by atoms with E-state index in [1.807, 2.05) is 18.2 Å². The highest BCUT2D eigenvalue weighted by Gasteiger charge is 2.16. The zero-order valence-electron chi connectivity index (χ0n) is 16.4. The molecule has 1 heterocycles. The van der Waals surface area contributed by atoms with Crippen molar-refractivity contribution < 1.29 is 12.8 Å². The van der Waals surface area contributed by atoms with Gasteiger partial charge in [0, 0.05) is 5.69 Å². The number of hydrogen-bond acceptors (Lipinski definition) is 3. The quantitative estimate of drug-likeness (QED) is 0.613. The third-order valence-electron chi connectivity index (χ3n) is 5.16. The van der Waals surface area contributed by atoms with Crippen molar-refractivity contribution >= 4 is 28.1 Å². The van der Waals surface area contributed by atoms with Gasteiger partial charge in [-0.3, -0.25) is 4.72 Å². The molecule has 0 atom stereocenters. The highest BCUT2D eigenvalue weighted by molar-refractivity contribution is 7.92. The topological polar surface area (TPSA) is 58.2 Å². The number of fused-ring (bicyclic) bond motifs is 1. The van der Waals surface area contributed by atoms with E-state index in [1.165, 1.54) is 23.3 Å². The monoisotopic (exact) mass is 446 g/mol. The van der Waals surface area contributed by atoms with Crippen LogP contribution in [-0.2, 0) is 29.3 Å². The lowest BCUT2D eigenvalue weighted by molar-refractivity contribution is 0.601. The summed E-state index contributed by atoms with van der Waals surface area (Å²) in [5, 5.41) is 3.36. The fourth-order valence-corrected chi connectivity index (χ4v) is 4.63. The molecule has 3 aromatic carbocycles. The SMILES string of the molecule is Cl.O=S(=O)(Nc1ccc2c(c1)CCNCC2)c1ccc(Cc2ccc(F)cc2)cc1. The van der Waals surface area contributed by atoms with Crippen LogP contribution in [0.3, 0.4) is 0 Å². The molecule has 0 bridgehead atoms. The van der Waals surface area contributed by atoms with Crippen molar-refractivity contribution in [3.05, 3.63) is 94.8 Å². The summed E-state index contributed by atoms with van der Waals surface area (Å²) in [6.07, 6.45) is 2.47. The standard InChI is InChI=1S/C23H23FN2O2S.ClH/c24-21-6-1-17(2-7-21)15-18-3-9-23(10-4-18)29(27,28)26-22-8-5-19-11-13-25-14-12-20(19)16-22;/h1-10,16,25-26H,11-15H2;1H. The Morgan fingerprint density at radius 1 is 0.833 bits per heavy atom. The number of sulfonamides is 1. The minimum atomic E-state index is -3.66. The largest absolute Gasteiger partial charge is 0.316 e. The first-order chi connectivity index (χ1) is 14.0.